The fourth-order valence-corrected chi connectivity index (χ4v) is 3.15. The fraction of sp³-hybridized carbons (Fsp3) is 0. The molecule has 0 radical (unpaired) electrons. The van der Waals surface area contributed by atoms with Gasteiger partial charge in [-0.15, -0.1) is 0 Å². The van der Waals surface area contributed by atoms with Crippen molar-refractivity contribution in [1.82, 2.24) is 4.83 Å². The number of aromatic hydroxyl groups is 1. The number of phenolic OH excluding ortho intramolecular Hbond substituents is 1. The highest BCUT2D eigenvalue weighted by atomic mass is 32.2. The summed E-state index contributed by atoms with van der Waals surface area (Å²) >= 11 is 0. The van der Waals surface area contributed by atoms with Crippen LogP contribution in [-0.4, -0.2) is 24.7 Å². The Bertz CT molecular complexity index is 1130. The number of hydrazone groups is 1. The van der Waals surface area contributed by atoms with Crippen LogP contribution < -0.4 is 4.83 Å². The number of nitro benzene ring substituents is 1. The van der Waals surface area contributed by atoms with Crippen LogP contribution in [0.1, 0.15) is 5.56 Å². The van der Waals surface area contributed by atoms with Gasteiger partial charge in [-0.05, 0) is 35.0 Å². The first-order valence-electron chi connectivity index (χ1n) is 7.38. The summed E-state index contributed by atoms with van der Waals surface area (Å²) in [6, 6.07) is 15.6. The summed E-state index contributed by atoms with van der Waals surface area (Å²) in [5, 5.41) is 25.5. The van der Waals surface area contributed by atoms with Gasteiger partial charge in [0.1, 0.15) is 0 Å². The van der Waals surface area contributed by atoms with Crippen LogP contribution in [0.25, 0.3) is 10.8 Å². The van der Waals surface area contributed by atoms with Gasteiger partial charge in [0.05, 0.1) is 16.0 Å². The quantitative estimate of drug-likeness (QED) is 0.406. The zero-order valence-corrected chi connectivity index (χ0v) is 14.1. The van der Waals surface area contributed by atoms with E-state index in [9.17, 15) is 23.6 Å². The summed E-state index contributed by atoms with van der Waals surface area (Å²) in [5.74, 6) is -0.483. The SMILES string of the molecule is O=[N+]([O-])c1cc(/C=N/NS(=O)(=O)c2ccc3ccccc3c2)ccc1O. The predicted molar refractivity (Wildman–Crippen MR) is 96.6 cm³/mol. The number of nitrogens with zero attached hydrogens (tertiary/aromatic N) is 2. The van der Waals surface area contributed by atoms with E-state index in [4.69, 9.17) is 0 Å². The lowest BCUT2D eigenvalue weighted by Crippen LogP contribution is -2.18. The van der Waals surface area contributed by atoms with Crippen molar-refractivity contribution in [3.8, 4) is 5.75 Å². The van der Waals surface area contributed by atoms with Crippen molar-refractivity contribution in [2.75, 3.05) is 0 Å². The highest BCUT2D eigenvalue weighted by Crippen LogP contribution is 2.25. The minimum atomic E-state index is -3.89. The second-order valence-corrected chi connectivity index (χ2v) is 7.03. The zero-order chi connectivity index (χ0) is 18.7. The minimum Gasteiger partial charge on any atom is -0.502 e. The van der Waals surface area contributed by atoms with Gasteiger partial charge in [0.25, 0.3) is 10.0 Å². The number of nitrogens with one attached hydrogen (secondary N) is 1. The van der Waals surface area contributed by atoms with Crippen LogP contribution in [0.15, 0.2) is 70.7 Å². The lowest BCUT2D eigenvalue weighted by Gasteiger charge is -2.05. The predicted octanol–water partition coefficient (Wildman–Crippen LogP) is 2.77. The first kappa shape index (κ1) is 17.4. The Balaban J connectivity index is 1.82. The summed E-state index contributed by atoms with van der Waals surface area (Å²) < 4.78 is 24.6. The van der Waals surface area contributed by atoms with Gasteiger partial charge in [0, 0.05) is 11.6 Å². The summed E-state index contributed by atoms with van der Waals surface area (Å²) in [6.45, 7) is 0. The average molecular weight is 371 g/mol. The van der Waals surface area contributed by atoms with E-state index in [0.29, 0.717) is 0 Å². The van der Waals surface area contributed by atoms with Crippen molar-refractivity contribution in [2.45, 2.75) is 4.90 Å². The maximum atomic E-state index is 12.3. The van der Waals surface area contributed by atoms with Crippen LogP contribution in [0, 0.1) is 10.1 Å². The standard InChI is InChI=1S/C17H13N3O5S/c21-17-8-5-12(9-16(17)20(22)23)11-18-19-26(24,25)15-7-6-13-3-1-2-4-14(13)10-15/h1-11,19,21H/b18-11+. The molecule has 0 heterocycles. The molecule has 3 rings (SSSR count). The molecule has 2 N–H and O–H groups in total. The molecule has 0 aliphatic carbocycles. The Morgan fingerprint density at radius 3 is 2.50 bits per heavy atom. The van der Waals surface area contributed by atoms with Gasteiger partial charge in [-0.25, -0.2) is 4.83 Å². The summed E-state index contributed by atoms with van der Waals surface area (Å²) in [6.07, 6.45) is 1.12. The Morgan fingerprint density at radius 2 is 1.77 bits per heavy atom. The summed E-state index contributed by atoms with van der Waals surface area (Å²) in [5.41, 5.74) is -0.234. The molecular formula is C17H13N3O5S. The molecule has 0 aliphatic heterocycles. The largest absolute Gasteiger partial charge is 0.502 e. The second-order valence-electron chi connectivity index (χ2n) is 5.37. The molecular weight excluding hydrogens is 358 g/mol. The lowest BCUT2D eigenvalue weighted by molar-refractivity contribution is -0.385. The molecule has 26 heavy (non-hydrogen) atoms. The highest BCUT2D eigenvalue weighted by Gasteiger charge is 2.14. The van der Waals surface area contributed by atoms with Gasteiger partial charge in [-0.2, -0.15) is 13.5 Å². The number of sulfonamides is 1. The van der Waals surface area contributed by atoms with E-state index >= 15 is 0 Å². The lowest BCUT2D eigenvalue weighted by atomic mass is 10.1. The number of fused-ring (bicyclic) bond motifs is 1. The third kappa shape index (κ3) is 3.62. The van der Waals surface area contributed by atoms with E-state index in [-0.39, 0.29) is 10.5 Å². The number of phenols is 1. The molecule has 3 aromatic carbocycles. The number of hydrogen-bond donors (Lipinski definition) is 2. The Labute approximate surface area is 148 Å². The van der Waals surface area contributed by atoms with Gasteiger partial charge in [0.15, 0.2) is 5.75 Å². The molecule has 0 spiro atoms. The number of nitro groups is 1. The molecule has 3 aromatic rings. The Kier molecular flexibility index (Phi) is 4.55. The van der Waals surface area contributed by atoms with Crippen molar-refractivity contribution in [3.63, 3.8) is 0 Å². The highest BCUT2D eigenvalue weighted by molar-refractivity contribution is 7.89. The molecule has 0 saturated heterocycles. The van der Waals surface area contributed by atoms with Crippen LogP contribution in [0.3, 0.4) is 0 Å². The van der Waals surface area contributed by atoms with Gasteiger partial charge >= 0.3 is 5.69 Å². The van der Waals surface area contributed by atoms with Gasteiger partial charge in [-0.1, -0.05) is 30.3 Å². The van der Waals surface area contributed by atoms with Crippen molar-refractivity contribution < 1.29 is 18.4 Å². The Morgan fingerprint density at radius 1 is 1.04 bits per heavy atom. The topological polar surface area (TPSA) is 122 Å². The van der Waals surface area contributed by atoms with E-state index in [2.05, 4.69) is 9.93 Å². The van der Waals surface area contributed by atoms with Gasteiger partial charge < -0.3 is 5.11 Å². The first-order chi connectivity index (χ1) is 12.4. The smallest absolute Gasteiger partial charge is 0.311 e. The van der Waals surface area contributed by atoms with E-state index in [1.807, 2.05) is 18.2 Å². The van der Waals surface area contributed by atoms with E-state index in [1.165, 1.54) is 18.2 Å². The van der Waals surface area contributed by atoms with E-state index < -0.39 is 26.4 Å². The molecule has 9 heteroatoms. The van der Waals surface area contributed by atoms with E-state index in [1.54, 1.807) is 12.1 Å². The van der Waals surface area contributed by atoms with Gasteiger partial charge in [0.2, 0.25) is 0 Å². The Hall–Kier alpha value is -3.46. The second kappa shape index (κ2) is 6.81. The zero-order valence-electron chi connectivity index (χ0n) is 13.2. The van der Waals surface area contributed by atoms with Crippen LogP contribution in [0.4, 0.5) is 5.69 Å². The molecule has 0 fully saturated rings. The van der Waals surface area contributed by atoms with Crippen LogP contribution in [0.5, 0.6) is 5.75 Å². The molecule has 0 bridgehead atoms. The normalized spacial score (nSPS) is 11.7. The van der Waals surface area contributed by atoms with Crippen molar-refractivity contribution in [3.05, 3.63) is 76.3 Å². The fourth-order valence-electron chi connectivity index (χ4n) is 2.32. The molecule has 8 nitrogen and oxygen atoms in total. The molecule has 0 aromatic heterocycles. The number of benzene rings is 3. The summed E-state index contributed by atoms with van der Waals surface area (Å²) in [4.78, 5) is 12.2. The van der Waals surface area contributed by atoms with Crippen LogP contribution in [0.2, 0.25) is 0 Å². The monoisotopic (exact) mass is 371 g/mol. The molecule has 0 aliphatic rings. The van der Waals surface area contributed by atoms with Gasteiger partial charge in [-0.3, -0.25) is 10.1 Å². The van der Waals surface area contributed by atoms with Crippen LogP contribution in [-0.2, 0) is 10.0 Å². The third-order valence-electron chi connectivity index (χ3n) is 3.61. The summed E-state index contributed by atoms with van der Waals surface area (Å²) in [7, 11) is -3.89. The van der Waals surface area contributed by atoms with Crippen molar-refractivity contribution in [1.29, 1.82) is 0 Å². The number of rotatable bonds is 5. The third-order valence-corrected chi connectivity index (χ3v) is 4.83. The number of hydrogen-bond acceptors (Lipinski definition) is 6. The minimum absolute atomic E-state index is 0.0463. The molecule has 0 saturated carbocycles. The maximum absolute atomic E-state index is 12.3. The van der Waals surface area contributed by atoms with Crippen molar-refractivity contribution in [2.24, 2.45) is 5.10 Å². The van der Waals surface area contributed by atoms with Crippen molar-refractivity contribution >= 4 is 32.7 Å². The molecule has 0 atom stereocenters. The average Bonchev–Trinajstić information content (AvgIpc) is 2.62. The maximum Gasteiger partial charge on any atom is 0.311 e. The van der Waals surface area contributed by atoms with E-state index in [0.717, 1.165) is 29.1 Å². The molecule has 132 valence electrons. The van der Waals surface area contributed by atoms with Crippen LogP contribution >= 0.6 is 0 Å². The molecule has 0 amide bonds. The molecule has 0 unspecified atom stereocenters. The first-order valence-corrected chi connectivity index (χ1v) is 8.86.